The molecule has 1 saturated heterocycles. The number of hydrogen-bond acceptors (Lipinski definition) is 8. The minimum atomic E-state index is -0.623. The quantitative estimate of drug-likeness (QED) is 0.503. The molecule has 3 aromatic heterocycles. The van der Waals surface area contributed by atoms with Crippen LogP contribution < -0.4 is 20.5 Å². The Morgan fingerprint density at radius 1 is 1.16 bits per heavy atom. The van der Waals surface area contributed by atoms with Crippen molar-refractivity contribution in [1.29, 1.82) is 0 Å². The van der Waals surface area contributed by atoms with E-state index in [1.165, 1.54) is 25.3 Å². The Bertz CT molecular complexity index is 1300. The van der Waals surface area contributed by atoms with Crippen LogP contribution in [0.2, 0.25) is 0 Å². The predicted molar refractivity (Wildman–Crippen MR) is 112 cm³/mol. The lowest BCUT2D eigenvalue weighted by Gasteiger charge is -2.27. The van der Waals surface area contributed by atoms with Gasteiger partial charge < -0.3 is 15.0 Å². The number of piperazine rings is 1. The molecule has 0 amide bonds. The molecule has 4 heterocycles. The van der Waals surface area contributed by atoms with E-state index in [0.29, 0.717) is 28.2 Å². The van der Waals surface area contributed by atoms with Crippen LogP contribution in [-0.4, -0.2) is 63.2 Å². The van der Waals surface area contributed by atoms with Crippen LogP contribution in [0, 0.1) is 5.82 Å². The van der Waals surface area contributed by atoms with Crippen LogP contribution in [0.1, 0.15) is 0 Å². The molecule has 0 spiro atoms. The fraction of sp³-hybridized carbons (Fsp3) is 0.250. The fourth-order valence-corrected chi connectivity index (χ4v) is 3.58. The van der Waals surface area contributed by atoms with Crippen LogP contribution in [-0.2, 0) is 0 Å². The third-order valence-electron chi connectivity index (χ3n) is 5.14. The molecule has 2 N–H and O–H groups in total. The first-order chi connectivity index (χ1) is 15.2. The van der Waals surface area contributed by atoms with Crippen molar-refractivity contribution in [2.75, 3.05) is 38.2 Å². The van der Waals surface area contributed by atoms with Gasteiger partial charge in [0.2, 0.25) is 5.95 Å². The van der Waals surface area contributed by atoms with Crippen LogP contribution in [0.25, 0.3) is 28.0 Å². The van der Waals surface area contributed by atoms with Crippen LogP contribution in [0.5, 0.6) is 5.75 Å². The van der Waals surface area contributed by atoms with Gasteiger partial charge in [-0.2, -0.15) is 14.9 Å². The van der Waals surface area contributed by atoms with Gasteiger partial charge in [-0.25, -0.2) is 14.4 Å². The molecule has 10 nitrogen and oxygen atoms in total. The minimum absolute atomic E-state index is 0.0608. The van der Waals surface area contributed by atoms with Gasteiger partial charge in [-0.15, -0.1) is 0 Å². The number of para-hydroxylation sites is 1. The normalized spacial score (nSPS) is 14.2. The van der Waals surface area contributed by atoms with Gasteiger partial charge in [0.15, 0.2) is 5.82 Å². The largest absolute Gasteiger partial charge is 0.494 e. The molecule has 158 valence electrons. The topological polar surface area (TPSA) is 114 Å². The zero-order chi connectivity index (χ0) is 21.4. The maximum atomic E-state index is 14.5. The Hall–Kier alpha value is -3.86. The van der Waals surface area contributed by atoms with Gasteiger partial charge in [-0.3, -0.25) is 9.89 Å². The van der Waals surface area contributed by atoms with E-state index in [4.69, 9.17) is 4.74 Å². The van der Waals surface area contributed by atoms with Crippen molar-refractivity contribution in [3.63, 3.8) is 0 Å². The van der Waals surface area contributed by atoms with Crippen molar-refractivity contribution in [1.82, 2.24) is 35.3 Å². The number of H-pyrrole nitrogens is 1. The van der Waals surface area contributed by atoms with Crippen molar-refractivity contribution in [3.8, 4) is 22.7 Å². The zero-order valence-electron chi connectivity index (χ0n) is 16.7. The van der Waals surface area contributed by atoms with E-state index in [1.807, 2.05) is 0 Å². The van der Waals surface area contributed by atoms with E-state index < -0.39 is 11.4 Å². The van der Waals surface area contributed by atoms with Gasteiger partial charge in [-0.05, 0) is 12.1 Å². The first kappa shape index (κ1) is 19.1. The SMILES string of the molecule is COc1cccc(F)c1-n1nc2c(-c3cnc(N4CCNCC4)nc3)n[nH]c2cc1=O. The molecule has 11 heteroatoms. The highest BCUT2D eigenvalue weighted by molar-refractivity contribution is 5.88. The Labute approximate surface area is 175 Å². The van der Waals surface area contributed by atoms with Crippen LogP contribution in [0.15, 0.2) is 41.5 Å². The van der Waals surface area contributed by atoms with E-state index in [0.717, 1.165) is 30.9 Å². The third kappa shape index (κ3) is 3.38. The van der Waals surface area contributed by atoms with Gasteiger partial charge in [0.1, 0.15) is 22.6 Å². The summed E-state index contributed by atoms with van der Waals surface area (Å²) in [7, 11) is 1.41. The molecule has 31 heavy (non-hydrogen) atoms. The summed E-state index contributed by atoms with van der Waals surface area (Å²) < 4.78 is 20.7. The number of fused-ring (bicyclic) bond motifs is 1. The number of nitrogens with one attached hydrogen (secondary N) is 2. The summed E-state index contributed by atoms with van der Waals surface area (Å²) in [6.07, 6.45) is 3.33. The smallest absolute Gasteiger partial charge is 0.273 e. The maximum absolute atomic E-state index is 14.5. The predicted octanol–water partition coefficient (Wildman–Crippen LogP) is 1.12. The molecule has 1 aliphatic heterocycles. The molecular formula is C20H19FN8O2. The highest BCUT2D eigenvalue weighted by atomic mass is 19.1. The van der Waals surface area contributed by atoms with Gasteiger partial charge >= 0.3 is 0 Å². The Balaban J connectivity index is 1.59. The van der Waals surface area contributed by atoms with Crippen LogP contribution >= 0.6 is 0 Å². The van der Waals surface area contributed by atoms with Crippen molar-refractivity contribution in [3.05, 3.63) is 52.8 Å². The maximum Gasteiger partial charge on any atom is 0.273 e. The van der Waals surface area contributed by atoms with Crippen LogP contribution in [0.3, 0.4) is 0 Å². The Morgan fingerprint density at radius 2 is 1.94 bits per heavy atom. The standard InChI is InChI=1S/C20H19FN8O2/c1-31-15-4-2-3-13(21)19(15)29-16(30)9-14-18(27-29)17(26-25-14)12-10-23-20(24-11-12)28-7-5-22-6-8-28/h2-4,9-11,22,25H,5-8H2,1H3. The molecule has 1 aromatic carbocycles. The molecular weight excluding hydrogens is 403 g/mol. The van der Waals surface area contributed by atoms with E-state index in [2.05, 4.69) is 35.5 Å². The molecule has 1 aliphatic rings. The summed E-state index contributed by atoms with van der Waals surface area (Å²) in [6.45, 7) is 3.44. The second-order valence-corrected chi connectivity index (χ2v) is 7.03. The molecule has 1 fully saturated rings. The number of aromatic nitrogens is 6. The first-order valence-electron chi connectivity index (χ1n) is 9.75. The summed E-state index contributed by atoms with van der Waals surface area (Å²) in [6, 6.07) is 5.63. The summed E-state index contributed by atoms with van der Waals surface area (Å²) >= 11 is 0. The number of benzene rings is 1. The molecule has 0 bridgehead atoms. The van der Waals surface area contributed by atoms with E-state index in [-0.39, 0.29) is 11.4 Å². The van der Waals surface area contributed by atoms with Crippen molar-refractivity contribution in [2.45, 2.75) is 0 Å². The number of nitrogens with zero attached hydrogens (tertiary/aromatic N) is 6. The molecule has 0 radical (unpaired) electrons. The second kappa shape index (κ2) is 7.76. The second-order valence-electron chi connectivity index (χ2n) is 7.03. The van der Waals surface area contributed by atoms with Gasteiger partial charge in [-0.1, -0.05) is 6.07 Å². The first-order valence-corrected chi connectivity index (χ1v) is 9.75. The lowest BCUT2D eigenvalue weighted by molar-refractivity contribution is 0.406. The lowest BCUT2D eigenvalue weighted by Crippen LogP contribution is -2.44. The number of rotatable bonds is 4. The zero-order valence-corrected chi connectivity index (χ0v) is 16.7. The van der Waals surface area contributed by atoms with Gasteiger partial charge in [0.05, 0.1) is 12.6 Å². The molecule has 0 saturated carbocycles. The average Bonchev–Trinajstić information content (AvgIpc) is 3.21. The van der Waals surface area contributed by atoms with Crippen molar-refractivity contribution < 1.29 is 9.13 Å². The van der Waals surface area contributed by atoms with Crippen LogP contribution in [0.4, 0.5) is 10.3 Å². The van der Waals surface area contributed by atoms with E-state index in [9.17, 15) is 9.18 Å². The summed E-state index contributed by atoms with van der Waals surface area (Å²) in [5, 5.41) is 14.8. The Kier molecular flexibility index (Phi) is 4.79. The Morgan fingerprint density at radius 3 is 2.68 bits per heavy atom. The number of halogens is 1. The van der Waals surface area contributed by atoms with Gasteiger partial charge in [0.25, 0.3) is 5.56 Å². The number of ether oxygens (including phenoxy) is 1. The van der Waals surface area contributed by atoms with E-state index >= 15 is 0 Å². The summed E-state index contributed by atoms with van der Waals surface area (Å²) in [4.78, 5) is 23.6. The lowest BCUT2D eigenvalue weighted by atomic mass is 10.2. The summed E-state index contributed by atoms with van der Waals surface area (Å²) in [5.41, 5.74) is 1.33. The van der Waals surface area contributed by atoms with E-state index in [1.54, 1.807) is 18.5 Å². The monoisotopic (exact) mass is 422 g/mol. The number of methoxy groups -OCH3 is 1. The minimum Gasteiger partial charge on any atom is -0.494 e. The highest BCUT2D eigenvalue weighted by Crippen LogP contribution is 2.27. The number of aromatic amines is 1. The number of hydrogen-bond donors (Lipinski definition) is 2. The van der Waals surface area contributed by atoms with Crippen molar-refractivity contribution in [2.24, 2.45) is 0 Å². The molecule has 4 aromatic rings. The van der Waals surface area contributed by atoms with Crippen molar-refractivity contribution >= 4 is 17.0 Å². The molecule has 5 rings (SSSR count). The third-order valence-corrected chi connectivity index (χ3v) is 5.14. The molecule has 0 unspecified atom stereocenters. The van der Waals surface area contributed by atoms with Gasteiger partial charge in [0, 0.05) is 50.2 Å². The summed E-state index contributed by atoms with van der Waals surface area (Å²) in [5.74, 6) is 0.218. The molecule has 0 aliphatic carbocycles. The average molecular weight is 422 g/mol. The number of anilines is 1. The fourth-order valence-electron chi connectivity index (χ4n) is 3.58. The highest BCUT2D eigenvalue weighted by Gasteiger charge is 2.19. The molecule has 0 atom stereocenters.